The predicted octanol–water partition coefficient (Wildman–Crippen LogP) is 3.00. The summed E-state index contributed by atoms with van der Waals surface area (Å²) in [5, 5.41) is 4.26. The quantitative estimate of drug-likeness (QED) is 0.787. The van der Waals surface area contributed by atoms with Crippen LogP contribution in [0.4, 0.5) is 0 Å². The Balaban J connectivity index is 1.40. The van der Waals surface area contributed by atoms with Crippen LogP contribution in [0.1, 0.15) is 34.6 Å². The van der Waals surface area contributed by atoms with E-state index in [2.05, 4.69) is 15.1 Å². The Bertz CT molecular complexity index is 862. The minimum Gasteiger partial charge on any atom is -0.349 e. The SMILES string of the molecule is Cc1cc(C(=O)N2CCC(Cc3ncc[nH]3)CC2)ccc1-n1cccn1. The number of nitrogens with zero attached hydrogens (tertiary/aromatic N) is 4. The Morgan fingerprint density at radius 1 is 1.27 bits per heavy atom. The van der Waals surface area contributed by atoms with E-state index in [0.717, 1.165) is 55.0 Å². The number of nitrogens with one attached hydrogen (secondary N) is 1. The molecule has 0 spiro atoms. The van der Waals surface area contributed by atoms with Crippen molar-refractivity contribution in [2.24, 2.45) is 5.92 Å². The molecule has 1 aromatic carbocycles. The van der Waals surface area contributed by atoms with E-state index in [4.69, 9.17) is 0 Å². The van der Waals surface area contributed by atoms with Gasteiger partial charge in [-0.25, -0.2) is 9.67 Å². The van der Waals surface area contributed by atoms with Crippen LogP contribution in [-0.4, -0.2) is 43.6 Å². The highest BCUT2D eigenvalue weighted by atomic mass is 16.2. The lowest BCUT2D eigenvalue weighted by Crippen LogP contribution is -2.39. The van der Waals surface area contributed by atoms with Crippen molar-refractivity contribution >= 4 is 5.91 Å². The monoisotopic (exact) mass is 349 g/mol. The standard InChI is InChI=1S/C20H23N5O/c1-15-13-17(3-4-18(15)25-10-2-7-23-25)20(26)24-11-5-16(6-12-24)14-19-21-8-9-22-19/h2-4,7-10,13,16H,5-6,11-12,14H2,1H3,(H,21,22). The average Bonchev–Trinajstić information content (AvgIpc) is 3.36. The van der Waals surface area contributed by atoms with Gasteiger partial charge in [-0.3, -0.25) is 4.79 Å². The zero-order chi connectivity index (χ0) is 17.9. The second kappa shape index (κ2) is 7.15. The number of imidazole rings is 1. The lowest BCUT2D eigenvalue weighted by atomic mass is 9.93. The smallest absolute Gasteiger partial charge is 0.253 e. The van der Waals surface area contributed by atoms with E-state index in [9.17, 15) is 4.79 Å². The van der Waals surface area contributed by atoms with Crippen LogP contribution in [0, 0.1) is 12.8 Å². The minimum absolute atomic E-state index is 0.122. The molecule has 4 rings (SSSR count). The average molecular weight is 349 g/mol. The molecular weight excluding hydrogens is 326 g/mol. The number of amides is 1. The van der Waals surface area contributed by atoms with Gasteiger partial charge in [-0.1, -0.05) is 0 Å². The lowest BCUT2D eigenvalue weighted by molar-refractivity contribution is 0.0690. The molecule has 2 aromatic heterocycles. The van der Waals surface area contributed by atoms with Crippen molar-refractivity contribution in [3.8, 4) is 5.69 Å². The van der Waals surface area contributed by atoms with Crippen LogP contribution in [-0.2, 0) is 6.42 Å². The van der Waals surface area contributed by atoms with Gasteiger partial charge in [0.25, 0.3) is 5.91 Å². The maximum atomic E-state index is 12.9. The van der Waals surface area contributed by atoms with Gasteiger partial charge in [0.15, 0.2) is 0 Å². The molecule has 0 bridgehead atoms. The van der Waals surface area contributed by atoms with Crippen molar-refractivity contribution in [2.75, 3.05) is 13.1 Å². The Hall–Kier alpha value is -2.89. The highest BCUT2D eigenvalue weighted by Gasteiger charge is 2.24. The molecule has 1 fully saturated rings. The number of hydrogen-bond acceptors (Lipinski definition) is 3. The van der Waals surface area contributed by atoms with E-state index >= 15 is 0 Å². The zero-order valence-corrected chi connectivity index (χ0v) is 14.9. The molecule has 1 N–H and O–H groups in total. The molecule has 3 heterocycles. The summed E-state index contributed by atoms with van der Waals surface area (Å²) in [6, 6.07) is 7.74. The predicted molar refractivity (Wildman–Crippen MR) is 99.2 cm³/mol. The maximum absolute atomic E-state index is 12.9. The molecule has 1 saturated heterocycles. The van der Waals surface area contributed by atoms with Crippen LogP contribution in [0.25, 0.3) is 5.69 Å². The van der Waals surface area contributed by atoms with Gasteiger partial charge in [-0.15, -0.1) is 0 Å². The Kier molecular flexibility index (Phi) is 4.56. The van der Waals surface area contributed by atoms with Crippen LogP contribution in [0.5, 0.6) is 0 Å². The largest absolute Gasteiger partial charge is 0.349 e. The van der Waals surface area contributed by atoms with E-state index in [-0.39, 0.29) is 5.91 Å². The van der Waals surface area contributed by atoms with E-state index < -0.39 is 0 Å². The topological polar surface area (TPSA) is 66.8 Å². The van der Waals surface area contributed by atoms with Crippen molar-refractivity contribution in [3.05, 3.63) is 66.0 Å². The van der Waals surface area contributed by atoms with Gasteiger partial charge < -0.3 is 9.88 Å². The third-order valence-electron chi connectivity index (χ3n) is 5.13. The first-order chi connectivity index (χ1) is 12.7. The minimum atomic E-state index is 0.122. The first-order valence-electron chi connectivity index (χ1n) is 9.09. The summed E-state index contributed by atoms with van der Waals surface area (Å²) in [7, 11) is 0. The molecule has 0 atom stereocenters. The number of H-pyrrole nitrogens is 1. The Morgan fingerprint density at radius 3 is 2.77 bits per heavy atom. The number of benzene rings is 1. The molecule has 6 heteroatoms. The highest BCUT2D eigenvalue weighted by molar-refractivity contribution is 5.94. The Labute approximate surface area is 152 Å². The fraction of sp³-hybridized carbons (Fsp3) is 0.350. The molecule has 6 nitrogen and oxygen atoms in total. The fourth-order valence-corrected chi connectivity index (χ4v) is 3.66. The number of piperidine rings is 1. The van der Waals surface area contributed by atoms with E-state index in [1.54, 1.807) is 12.4 Å². The van der Waals surface area contributed by atoms with Crippen LogP contribution in [0.2, 0.25) is 0 Å². The van der Waals surface area contributed by atoms with Crippen molar-refractivity contribution in [3.63, 3.8) is 0 Å². The van der Waals surface area contributed by atoms with Gasteiger partial charge in [-0.05, 0) is 55.5 Å². The number of hydrogen-bond donors (Lipinski definition) is 1. The highest BCUT2D eigenvalue weighted by Crippen LogP contribution is 2.23. The summed E-state index contributed by atoms with van der Waals surface area (Å²) >= 11 is 0. The van der Waals surface area contributed by atoms with Crippen LogP contribution >= 0.6 is 0 Å². The summed E-state index contributed by atoms with van der Waals surface area (Å²) in [6.07, 6.45) is 10.3. The Morgan fingerprint density at radius 2 is 2.12 bits per heavy atom. The van der Waals surface area contributed by atoms with Gasteiger partial charge >= 0.3 is 0 Å². The summed E-state index contributed by atoms with van der Waals surface area (Å²) < 4.78 is 1.82. The fourth-order valence-electron chi connectivity index (χ4n) is 3.66. The van der Waals surface area contributed by atoms with Crippen LogP contribution < -0.4 is 0 Å². The van der Waals surface area contributed by atoms with E-state index in [1.165, 1.54) is 0 Å². The molecule has 134 valence electrons. The molecule has 0 radical (unpaired) electrons. The normalized spacial score (nSPS) is 15.3. The number of rotatable bonds is 4. The van der Waals surface area contributed by atoms with E-state index in [1.807, 2.05) is 53.2 Å². The third-order valence-corrected chi connectivity index (χ3v) is 5.13. The molecule has 1 amide bonds. The number of aromatic nitrogens is 4. The van der Waals surface area contributed by atoms with Crippen molar-refractivity contribution in [1.29, 1.82) is 0 Å². The molecule has 0 aliphatic carbocycles. The molecule has 0 unspecified atom stereocenters. The van der Waals surface area contributed by atoms with Crippen molar-refractivity contribution < 1.29 is 4.79 Å². The van der Waals surface area contributed by atoms with Gasteiger partial charge in [0.05, 0.1) is 5.69 Å². The molecular formula is C20H23N5O. The van der Waals surface area contributed by atoms with Crippen molar-refractivity contribution in [2.45, 2.75) is 26.2 Å². The van der Waals surface area contributed by atoms with E-state index in [0.29, 0.717) is 5.92 Å². The first kappa shape index (κ1) is 16.6. The second-order valence-electron chi connectivity index (χ2n) is 6.93. The van der Waals surface area contributed by atoms with Gasteiger partial charge in [0.2, 0.25) is 0 Å². The van der Waals surface area contributed by atoms with Crippen molar-refractivity contribution in [1.82, 2.24) is 24.6 Å². The number of carbonyl (C=O) groups is 1. The summed E-state index contributed by atoms with van der Waals surface area (Å²) in [4.78, 5) is 22.3. The second-order valence-corrected chi connectivity index (χ2v) is 6.93. The lowest BCUT2D eigenvalue weighted by Gasteiger charge is -2.32. The molecule has 1 aliphatic heterocycles. The summed E-state index contributed by atoms with van der Waals surface area (Å²) in [6.45, 7) is 3.64. The summed E-state index contributed by atoms with van der Waals surface area (Å²) in [5.41, 5.74) is 2.80. The van der Waals surface area contributed by atoms with Crippen LogP contribution in [0.15, 0.2) is 49.1 Å². The number of carbonyl (C=O) groups excluding carboxylic acids is 1. The van der Waals surface area contributed by atoms with Crippen LogP contribution in [0.3, 0.4) is 0 Å². The first-order valence-corrected chi connectivity index (χ1v) is 9.09. The number of likely N-dealkylation sites (tertiary alicyclic amines) is 1. The molecule has 0 saturated carbocycles. The summed E-state index contributed by atoms with van der Waals surface area (Å²) in [5.74, 6) is 1.75. The van der Waals surface area contributed by atoms with Gasteiger partial charge in [-0.2, -0.15) is 5.10 Å². The number of aryl methyl sites for hydroxylation is 1. The third kappa shape index (κ3) is 3.40. The molecule has 1 aliphatic rings. The number of aromatic amines is 1. The molecule has 3 aromatic rings. The van der Waals surface area contributed by atoms with Gasteiger partial charge in [0, 0.05) is 49.9 Å². The zero-order valence-electron chi connectivity index (χ0n) is 14.9. The molecule has 26 heavy (non-hydrogen) atoms. The van der Waals surface area contributed by atoms with Gasteiger partial charge in [0.1, 0.15) is 5.82 Å². The maximum Gasteiger partial charge on any atom is 0.253 e.